The average molecular weight is 275 g/mol. The Hall–Kier alpha value is -2.80. The molecule has 20 heavy (non-hydrogen) atoms. The first-order valence-corrected chi connectivity index (χ1v) is 5.70. The van der Waals surface area contributed by atoms with Crippen LogP contribution in [0.5, 0.6) is 11.5 Å². The summed E-state index contributed by atoms with van der Waals surface area (Å²) in [6.45, 7) is -0.499. The highest BCUT2D eigenvalue weighted by Crippen LogP contribution is 2.33. The number of ether oxygens (including phenoxy) is 2. The highest BCUT2D eigenvalue weighted by Gasteiger charge is 2.28. The van der Waals surface area contributed by atoms with Gasteiger partial charge >= 0.3 is 0 Å². The molecule has 0 spiro atoms. The van der Waals surface area contributed by atoms with Gasteiger partial charge in [-0.3, -0.25) is 10.1 Å². The lowest BCUT2D eigenvalue weighted by molar-refractivity contribution is -0.484. The average Bonchev–Trinajstić information content (AvgIpc) is 2.46. The zero-order chi connectivity index (χ0) is 15.1. The third-order valence-corrected chi connectivity index (χ3v) is 2.86. The number of nitrogens with zero attached hydrogens (tertiary/aromatic N) is 3. The van der Waals surface area contributed by atoms with Crippen LogP contribution in [0, 0.1) is 38.7 Å². The van der Waals surface area contributed by atoms with E-state index in [1.165, 1.54) is 14.2 Å². The monoisotopic (exact) mass is 275 g/mol. The van der Waals surface area contributed by atoms with Crippen LogP contribution in [0.15, 0.2) is 18.2 Å². The van der Waals surface area contributed by atoms with Gasteiger partial charge in [0.15, 0.2) is 11.5 Å². The second-order valence-corrected chi connectivity index (χ2v) is 3.97. The van der Waals surface area contributed by atoms with Crippen molar-refractivity contribution in [1.82, 2.24) is 0 Å². The van der Waals surface area contributed by atoms with Gasteiger partial charge in [0.05, 0.1) is 32.3 Å². The van der Waals surface area contributed by atoms with Crippen molar-refractivity contribution < 1.29 is 14.4 Å². The maximum Gasteiger partial charge on any atom is 0.212 e. The Morgan fingerprint density at radius 1 is 1.25 bits per heavy atom. The first-order valence-electron chi connectivity index (χ1n) is 5.70. The number of methoxy groups -OCH3 is 2. The summed E-state index contributed by atoms with van der Waals surface area (Å²) in [5, 5.41) is 28.6. The largest absolute Gasteiger partial charge is 0.493 e. The second-order valence-electron chi connectivity index (χ2n) is 3.97. The van der Waals surface area contributed by atoms with Gasteiger partial charge in [0.1, 0.15) is 5.92 Å². The van der Waals surface area contributed by atoms with E-state index in [1.807, 2.05) is 0 Å². The first-order chi connectivity index (χ1) is 9.57. The smallest absolute Gasteiger partial charge is 0.212 e. The molecule has 0 aliphatic rings. The van der Waals surface area contributed by atoms with Crippen LogP contribution < -0.4 is 9.47 Å². The van der Waals surface area contributed by atoms with Crippen molar-refractivity contribution >= 4 is 0 Å². The van der Waals surface area contributed by atoms with E-state index in [4.69, 9.17) is 20.0 Å². The fraction of sp³-hybridized carbons (Fsp3) is 0.385. The topological polar surface area (TPSA) is 109 Å². The molecule has 0 saturated carbocycles. The van der Waals surface area contributed by atoms with Crippen LogP contribution in [0.1, 0.15) is 11.5 Å². The number of nitriles is 2. The summed E-state index contributed by atoms with van der Waals surface area (Å²) < 4.78 is 10.2. The molecule has 0 aliphatic heterocycles. The first kappa shape index (κ1) is 15.3. The molecule has 0 aliphatic carbocycles. The van der Waals surface area contributed by atoms with E-state index in [0.29, 0.717) is 17.1 Å². The van der Waals surface area contributed by atoms with Crippen molar-refractivity contribution in [2.24, 2.45) is 5.92 Å². The van der Waals surface area contributed by atoms with Crippen LogP contribution in [-0.4, -0.2) is 25.7 Å². The van der Waals surface area contributed by atoms with E-state index in [1.54, 1.807) is 30.3 Å². The minimum atomic E-state index is -1.10. The highest BCUT2D eigenvalue weighted by atomic mass is 16.6. The molecule has 0 N–H and O–H groups in total. The van der Waals surface area contributed by atoms with E-state index in [-0.39, 0.29) is 0 Å². The van der Waals surface area contributed by atoms with E-state index in [9.17, 15) is 10.1 Å². The third-order valence-electron chi connectivity index (χ3n) is 2.86. The number of benzene rings is 1. The molecule has 7 nitrogen and oxygen atoms in total. The summed E-state index contributed by atoms with van der Waals surface area (Å²) in [5.41, 5.74) is 0.493. The fourth-order valence-corrected chi connectivity index (χ4v) is 1.86. The van der Waals surface area contributed by atoms with Crippen molar-refractivity contribution in [3.05, 3.63) is 33.9 Å². The molecule has 0 aromatic heterocycles. The van der Waals surface area contributed by atoms with Crippen molar-refractivity contribution in [3.63, 3.8) is 0 Å². The molecule has 1 aromatic rings. The molecule has 1 atom stereocenters. The van der Waals surface area contributed by atoms with E-state index >= 15 is 0 Å². The molecular formula is C13H13N3O4. The fourth-order valence-electron chi connectivity index (χ4n) is 1.86. The molecule has 0 amide bonds. The zero-order valence-corrected chi connectivity index (χ0v) is 11.1. The highest BCUT2D eigenvalue weighted by molar-refractivity contribution is 5.44. The van der Waals surface area contributed by atoms with Crippen LogP contribution >= 0.6 is 0 Å². The molecule has 1 aromatic carbocycles. The Balaban J connectivity index is 3.24. The summed E-state index contributed by atoms with van der Waals surface area (Å²) in [5.74, 6) is -1.05. The second kappa shape index (κ2) is 6.95. The standard InChI is InChI=1S/C13H13N3O4/c1-19-12-4-3-9(5-13(12)20-2)11(8-16(17)18)10(6-14)7-15/h3-5,10-11H,8H2,1-2H3. The van der Waals surface area contributed by atoms with Gasteiger partial charge in [-0.05, 0) is 17.7 Å². The lowest BCUT2D eigenvalue weighted by Gasteiger charge is -2.16. The molecule has 7 heteroatoms. The Labute approximate surface area is 116 Å². The molecule has 1 rings (SSSR count). The van der Waals surface area contributed by atoms with Crippen molar-refractivity contribution in [1.29, 1.82) is 10.5 Å². The normalized spacial score (nSPS) is 11.2. The van der Waals surface area contributed by atoms with Gasteiger partial charge in [0, 0.05) is 4.92 Å². The molecule has 104 valence electrons. The van der Waals surface area contributed by atoms with Crippen LogP contribution in [0.2, 0.25) is 0 Å². The lowest BCUT2D eigenvalue weighted by Crippen LogP contribution is -2.19. The molecule has 0 bridgehead atoms. The van der Waals surface area contributed by atoms with Crippen LogP contribution in [0.25, 0.3) is 0 Å². The van der Waals surface area contributed by atoms with E-state index < -0.39 is 23.3 Å². The number of nitro groups is 1. The van der Waals surface area contributed by atoms with Gasteiger partial charge in [0.25, 0.3) is 0 Å². The maximum atomic E-state index is 10.7. The Bertz CT molecular complexity index is 560. The quantitative estimate of drug-likeness (QED) is 0.577. The summed E-state index contributed by atoms with van der Waals surface area (Å²) in [6.07, 6.45) is 0. The summed E-state index contributed by atoms with van der Waals surface area (Å²) >= 11 is 0. The predicted molar refractivity (Wildman–Crippen MR) is 68.9 cm³/mol. The zero-order valence-electron chi connectivity index (χ0n) is 11.1. The summed E-state index contributed by atoms with van der Waals surface area (Å²) in [6, 6.07) is 8.30. The maximum absolute atomic E-state index is 10.7. The van der Waals surface area contributed by atoms with Gasteiger partial charge in [0.2, 0.25) is 6.54 Å². The van der Waals surface area contributed by atoms with Crippen molar-refractivity contribution in [2.75, 3.05) is 20.8 Å². The van der Waals surface area contributed by atoms with Gasteiger partial charge < -0.3 is 9.47 Å². The van der Waals surface area contributed by atoms with Crippen LogP contribution in [0.4, 0.5) is 0 Å². The van der Waals surface area contributed by atoms with Gasteiger partial charge in [-0.15, -0.1) is 0 Å². The van der Waals surface area contributed by atoms with Gasteiger partial charge in [-0.1, -0.05) is 6.07 Å². The lowest BCUT2D eigenvalue weighted by atomic mass is 9.87. The van der Waals surface area contributed by atoms with Gasteiger partial charge in [-0.25, -0.2) is 0 Å². The third kappa shape index (κ3) is 3.36. The minimum Gasteiger partial charge on any atom is -0.493 e. The predicted octanol–water partition coefficient (Wildman–Crippen LogP) is 1.73. The molecule has 1 unspecified atom stereocenters. The van der Waals surface area contributed by atoms with E-state index in [0.717, 1.165) is 0 Å². The Kier molecular flexibility index (Phi) is 5.31. The van der Waals surface area contributed by atoms with Crippen LogP contribution in [-0.2, 0) is 0 Å². The number of hydrogen-bond donors (Lipinski definition) is 0. The SMILES string of the molecule is COc1ccc(C(C[N+](=O)[O-])C(C#N)C#N)cc1OC. The van der Waals surface area contributed by atoms with Crippen LogP contribution in [0.3, 0.4) is 0 Å². The van der Waals surface area contributed by atoms with Crippen molar-refractivity contribution in [3.8, 4) is 23.6 Å². The van der Waals surface area contributed by atoms with Gasteiger partial charge in [-0.2, -0.15) is 10.5 Å². The Morgan fingerprint density at radius 3 is 2.30 bits per heavy atom. The summed E-state index contributed by atoms with van der Waals surface area (Å²) in [4.78, 5) is 10.2. The number of hydrogen-bond acceptors (Lipinski definition) is 6. The molecular weight excluding hydrogens is 262 g/mol. The minimum absolute atomic E-state index is 0.396. The molecule has 0 fully saturated rings. The number of rotatable bonds is 6. The Morgan fingerprint density at radius 2 is 1.85 bits per heavy atom. The molecule has 0 radical (unpaired) electrons. The van der Waals surface area contributed by atoms with E-state index in [2.05, 4.69) is 0 Å². The van der Waals surface area contributed by atoms with Crippen molar-refractivity contribution in [2.45, 2.75) is 5.92 Å². The summed E-state index contributed by atoms with van der Waals surface area (Å²) in [7, 11) is 2.91. The molecule has 0 heterocycles. The molecule has 0 saturated heterocycles.